The summed E-state index contributed by atoms with van der Waals surface area (Å²) in [5, 5.41) is 21.5. The minimum absolute atomic E-state index is 0.113. The zero-order valence-corrected chi connectivity index (χ0v) is 11.1. The van der Waals surface area contributed by atoms with E-state index in [-0.39, 0.29) is 11.7 Å². The average molecular weight is 285 g/mol. The number of carboxylic acid groups (broad SMARTS) is 2. The van der Waals surface area contributed by atoms with Crippen LogP contribution < -0.4 is 5.32 Å². The zero-order chi connectivity index (χ0) is 14.0. The van der Waals surface area contributed by atoms with Crippen LogP contribution in [0.25, 0.3) is 0 Å². The Kier molecular flexibility index (Phi) is 4.11. The van der Waals surface area contributed by atoms with E-state index in [0.29, 0.717) is 6.54 Å². The van der Waals surface area contributed by atoms with Gasteiger partial charge < -0.3 is 20.1 Å². The summed E-state index contributed by atoms with van der Waals surface area (Å²) in [6, 6.07) is -0.811. The first-order valence-corrected chi connectivity index (χ1v) is 6.69. The third-order valence-electron chi connectivity index (χ3n) is 3.15. The molecule has 0 amide bonds. The number of nitrogens with zero attached hydrogens (tertiary/aromatic N) is 2. The summed E-state index contributed by atoms with van der Waals surface area (Å²) >= 11 is 1.42. The summed E-state index contributed by atoms with van der Waals surface area (Å²) in [4.78, 5) is 26.2. The van der Waals surface area contributed by atoms with Gasteiger partial charge in [0.1, 0.15) is 6.04 Å². The molecule has 2 heterocycles. The summed E-state index contributed by atoms with van der Waals surface area (Å²) in [7, 11) is 1.85. The van der Waals surface area contributed by atoms with Crippen molar-refractivity contribution in [2.24, 2.45) is 13.0 Å². The van der Waals surface area contributed by atoms with Crippen molar-refractivity contribution < 1.29 is 19.8 Å². The van der Waals surface area contributed by atoms with Crippen LogP contribution in [0.1, 0.15) is 6.42 Å². The molecule has 1 aliphatic rings. The van der Waals surface area contributed by atoms with Crippen LogP contribution in [-0.4, -0.2) is 49.5 Å². The van der Waals surface area contributed by atoms with Crippen molar-refractivity contribution in [3.63, 3.8) is 0 Å². The van der Waals surface area contributed by atoms with Gasteiger partial charge in [0.05, 0.1) is 6.42 Å². The van der Waals surface area contributed by atoms with Gasteiger partial charge in [-0.15, -0.1) is 0 Å². The molecule has 1 saturated heterocycles. The molecule has 1 fully saturated rings. The minimum Gasteiger partial charge on any atom is -0.481 e. The van der Waals surface area contributed by atoms with Crippen LogP contribution in [0.3, 0.4) is 0 Å². The summed E-state index contributed by atoms with van der Waals surface area (Å²) in [5.41, 5.74) is 0. The molecule has 104 valence electrons. The maximum atomic E-state index is 11.1. The van der Waals surface area contributed by atoms with Crippen LogP contribution >= 0.6 is 11.8 Å². The number of rotatable bonds is 5. The highest BCUT2D eigenvalue weighted by Gasteiger charge is 2.42. The van der Waals surface area contributed by atoms with E-state index in [9.17, 15) is 9.59 Å². The van der Waals surface area contributed by atoms with Gasteiger partial charge in [0.25, 0.3) is 0 Å². The average Bonchev–Trinajstić information content (AvgIpc) is 2.87. The van der Waals surface area contributed by atoms with E-state index >= 15 is 0 Å². The Morgan fingerprint density at radius 3 is 2.84 bits per heavy atom. The molecule has 3 N–H and O–H groups in total. The van der Waals surface area contributed by atoms with Crippen molar-refractivity contribution in [2.45, 2.75) is 22.9 Å². The van der Waals surface area contributed by atoms with E-state index in [1.54, 1.807) is 12.4 Å². The van der Waals surface area contributed by atoms with Gasteiger partial charge in [-0.05, 0) is 0 Å². The molecule has 0 bridgehead atoms. The van der Waals surface area contributed by atoms with E-state index in [0.717, 1.165) is 5.16 Å². The van der Waals surface area contributed by atoms with Crippen LogP contribution in [-0.2, 0) is 16.6 Å². The van der Waals surface area contributed by atoms with Crippen LogP contribution in [0.15, 0.2) is 17.6 Å². The van der Waals surface area contributed by atoms with Crippen molar-refractivity contribution in [1.82, 2.24) is 14.9 Å². The summed E-state index contributed by atoms with van der Waals surface area (Å²) in [6.07, 6.45) is 3.29. The first-order chi connectivity index (χ1) is 8.99. The first-order valence-electron chi connectivity index (χ1n) is 5.81. The van der Waals surface area contributed by atoms with Crippen molar-refractivity contribution in [3.8, 4) is 0 Å². The third-order valence-corrected chi connectivity index (χ3v) is 4.58. The minimum atomic E-state index is -1.01. The maximum absolute atomic E-state index is 11.1. The van der Waals surface area contributed by atoms with Crippen molar-refractivity contribution in [2.75, 3.05) is 6.54 Å². The molecule has 0 aliphatic carbocycles. The molecule has 19 heavy (non-hydrogen) atoms. The van der Waals surface area contributed by atoms with Crippen LogP contribution in [0.5, 0.6) is 0 Å². The molecule has 0 unspecified atom stereocenters. The van der Waals surface area contributed by atoms with Gasteiger partial charge in [-0.2, -0.15) is 0 Å². The Balaban J connectivity index is 2.12. The second-order valence-electron chi connectivity index (χ2n) is 4.46. The van der Waals surface area contributed by atoms with E-state index < -0.39 is 23.9 Å². The van der Waals surface area contributed by atoms with Gasteiger partial charge in [-0.1, -0.05) is 11.8 Å². The third kappa shape index (κ3) is 3.07. The van der Waals surface area contributed by atoms with E-state index in [1.165, 1.54) is 11.8 Å². The monoisotopic (exact) mass is 285 g/mol. The number of hydrogen-bond donors (Lipinski definition) is 3. The van der Waals surface area contributed by atoms with Crippen LogP contribution in [0.2, 0.25) is 0 Å². The lowest BCUT2D eigenvalue weighted by atomic mass is 9.97. The van der Waals surface area contributed by atoms with E-state index in [1.807, 2.05) is 11.6 Å². The number of aromatic nitrogens is 2. The molecular weight excluding hydrogens is 270 g/mol. The standard InChI is InChI=1S/C11H15N3O4S/c1-14-3-2-12-11(14)19-7-5-13-9(10(17)18)6(7)4-8(15)16/h2-3,6-7,9,13H,4-5H2,1H3,(H,15,16)(H,17,18)/t6-,7-,9-/m0/s1. The lowest BCUT2D eigenvalue weighted by Gasteiger charge is -2.19. The number of carbonyl (C=O) groups is 2. The van der Waals surface area contributed by atoms with Crippen molar-refractivity contribution >= 4 is 23.7 Å². The highest BCUT2D eigenvalue weighted by Crippen LogP contribution is 2.34. The topological polar surface area (TPSA) is 104 Å². The summed E-state index contributed by atoms with van der Waals surface area (Å²) in [6.45, 7) is 0.465. The predicted molar refractivity (Wildman–Crippen MR) is 68.0 cm³/mol. The molecule has 8 heteroatoms. The van der Waals surface area contributed by atoms with Crippen LogP contribution in [0.4, 0.5) is 0 Å². The van der Waals surface area contributed by atoms with Gasteiger partial charge in [0, 0.05) is 37.2 Å². The fraction of sp³-hybridized carbons (Fsp3) is 0.545. The molecule has 1 aromatic heterocycles. The van der Waals surface area contributed by atoms with Crippen LogP contribution in [0, 0.1) is 5.92 Å². The highest BCUT2D eigenvalue weighted by atomic mass is 32.2. The second-order valence-corrected chi connectivity index (χ2v) is 5.67. The SMILES string of the molecule is Cn1ccnc1S[C@H]1CN[C@H](C(=O)O)[C@H]1CC(=O)O. The molecule has 3 atom stereocenters. The fourth-order valence-electron chi connectivity index (χ4n) is 2.21. The smallest absolute Gasteiger partial charge is 0.321 e. The number of hydrogen-bond acceptors (Lipinski definition) is 5. The molecule has 7 nitrogen and oxygen atoms in total. The maximum Gasteiger partial charge on any atom is 0.321 e. The molecule has 2 rings (SSSR count). The number of aliphatic carboxylic acids is 2. The Morgan fingerprint density at radius 1 is 1.58 bits per heavy atom. The van der Waals surface area contributed by atoms with Crippen molar-refractivity contribution in [1.29, 1.82) is 0 Å². The van der Waals surface area contributed by atoms with Gasteiger partial charge in [-0.25, -0.2) is 4.98 Å². The lowest BCUT2D eigenvalue weighted by molar-refractivity contribution is -0.141. The summed E-state index contributed by atoms with van der Waals surface area (Å²) in [5.74, 6) is -2.43. The number of thioether (sulfide) groups is 1. The highest BCUT2D eigenvalue weighted by molar-refractivity contribution is 7.99. The van der Waals surface area contributed by atoms with Gasteiger partial charge in [0.15, 0.2) is 5.16 Å². The number of imidazole rings is 1. The lowest BCUT2D eigenvalue weighted by Crippen LogP contribution is -2.37. The summed E-state index contributed by atoms with van der Waals surface area (Å²) < 4.78 is 1.83. The van der Waals surface area contributed by atoms with E-state index in [2.05, 4.69) is 10.3 Å². The second kappa shape index (κ2) is 5.62. The molecule has 0 spiro atoms. The number of aryl methyl sites for hydroxylation is 1. The molecule has 0 aromatic carbocycles. The molecular formula is C11H15N3O4S. The Labute approximate surface area is 114 Å². The van der Waals surface area contributed by atoms with Gasteiger partial charge >= 0.3 is 11.9 Å². The van der Waals surface area contributed by atoms with Crippen molar-refractivity contribution in [3.05, 3.63) is 12.4 Å². The molecule has 0 radical (unpaired) electrons. The van der Waals surface area contributed by atoms with Gasteiger partial charge in [-0.3, -0.25) is 9.59 Å². The molecule has 0 saturated carbocycles. The Hall–Kier alpha value is -1.54. The molecule has 1 aromatic rings. The predicted octanol–water partition coefficient (Wildman–Crippen LogP) is 0.0281. The number of nitrogens with one attached hydrogen (secondary N) is 1. The van der Waals surface area contributed by atoms with E-state index in [4.69, 9.17) is 10.2 Å². The van der Waals surface area contributed by atoms with Gasteiger partial charge in [0.2, 0.25) is 0 Å². The zero-order valence-electron chi connectivity index (χ0n) is 10.3. The number of carboxylic acids is 2. The quantitative estimate of drug-likeness (QED) is 0.701. The first kappa shape index (κ1) is 13.9. The molecule has 1 aliphatic heterocycles. The Morgan fingerprint density at radius 2 is 2.32 bits per heavy atom. The fourth-order valence-corrected chi connectivity index (χ4v) is 3.44. The normalized spacial score (nSPS) is 26.5. The largest absolute Gasteiger partial charge is 0.481 e. The Bertz CT molecular complexity index is 490.